The summed E-state index contributed by atoms with van der Waals surface area (Å²) in [6, 6.07) is 6.45. The molecule has 3 N–H and O–H groups in total. The molecule has 1 aromatic rings. The number of nitrogens with two attached hydrogens (primary N) is 1. The van der Waals surface area contributed by atoms with Gasteiger partial charge in [0.25, 0.3) is 0 Å². The van der Waals surface area contributed by atoms with Crippen LogP contribution >= 0.6 is 0 Å². The van der Waals surface area contributed by atoms with Crippen LogP contribution in [-0.4, -0.2) is 35.8 Å². The number of aliphatic hydroxyl groups is 1. The Balaban J connectivity index is 3.02. The summed E-state index contributed by atoms with van der Waals surface area (Å²) in [6.45, 7) is 10.5. The zero-order valence-corrected chi connectivity index (χ0v) is 17.1. The SMILES string of the molecule is CCC=CCC[N+](CCO)(CCC=CCC)Cc1cc(N)cc(CC)c1. The Morgan fingerprint density at radius 2 is 1.42 bits per heavy atom. The lowest BCUT2D eigenvalue weighted by molar-refractivity contribution is -0.940. The first-order valence-corrected chi connectivity index (χ1v) is 10.2. The zero-order chi connectivity index (χ0) is 19.3. The highest BCUT2D eigenvalue weighted by atomic mass is 16.3. The van der Waals surface area contributed by atoms with Crippen LogP contribution in [0.3, 0.4) is 0 Å². The van der Waals surface area contributed by atoms with Crippen molar-refractivity contribution in [1.29, 1.82) is 0 Å². The van der Waals surface area contributed by atoms with E-state index in [1.807, 2.05) is 0 Å². The number of quaternary nitrogens is 1. The highest BCUT2D eigenvalue weighted by Crippen LogP contribution is 2.21. The molecule has 0 radical (unpaired) electrons. The fraction of sp³-hybridized carbons (Fsp3) is 0.565. The fourth-order valence-electron chi connectivity index (χ4n) is 3.52. The fourth-order valence-corrected chi connectivity index (χ4v) is 3.52. The average Bonchev–Trinajstić information content (AvgIpc) is 2.62. The second-order valence-corrected chi connectivity index (χ2v) is 7.17. The summed E-state index contributed by atoms with van der Waals surface area (Å²) in [6.07, 6.45) is 14.3. The molecule has 0 spiro atoms. The van der Waals surface area contributed by atoms with E-state index in [0.29, 0.717) is 0 Å². The summed E-state index contributed by atoms with van der Waals surface area (Å²) >= 11 is 0. The van der Waals surface area contributed by atoms with Crippen molar-refractivity contribution < 1.29 is 9.59 Å². The van der Waals surface area contributed by atoms with Crippen LogP contribution in [0, 0.1) is 0 Å². The molecule has 0 saturated carbocycles. The summed E-state index contributed by atoms with van der Waals surface area (Å²) in [5, 5.41) is 9.76. The molecule has 3 heteroatoms. The third-order valence-electron chi connectivity index (χ3n) is 4.92. The van der Waals surface area contributed by atoms with Gasteiger partial charge in [-0.25, -0.2) is 0 Å². The Labute approximate surface area is 160 Å². The van der Waals surface area contributed by atoms with Gasteiger partial charge in [0.05, 0.1) is 19.7 Å². The van der Waals surface area contributed by atoms with Crippen molar-refractivity contribution in [3.05, 3.63) is 53.6 Å². The molecular weight excluding hydrogens is 320 g/mol. The number of rotatable bonds is 13. The molecule has 0 saturated heterocycles. The lowest BCUT2D eigenvalue weighted by atomic mass is 10.0. The minimum absolute atomic E-state index is 0.220. The van der Waals surface area contributed by atoms with Crippen LogP contribution in [0.25, 0.3) is 0 Å². The van der Waals surface area contributed by atoms with E-state index in [0.717, 1.165) is 68.5 Å². The molecule has 0 aliphatic rings. The lowest BCUT2D eigenvalue weighted by Crippen LogP contribution is -2.50. The second-order valence-electron chi connectivity index (χ2n) is 7.17. The molecule has 1 aromatic carbocycles. The number of benzene rings is 1. The van der Waals surface area contributed by atoms with Gasteiger partial charge in [-0.2, -0.15) is 0 Å². The standard InChI is InChI=1S/C23H39N2O/c1-4-7-9-11-13-25(15-16-26,14-12-10-8-5-2)20-22-17-21(6-3)18-23(24)19-22/h7-10,17-19,26H,4-6,11-16,20,24H2,1-3H3/q+1. The van der Waals surface area contributed by atoms with Crippen molar-refractivity contribution in [2.75, 3.05) is 32.0 Å². The molecule has 3 nitrogen and oxygen atoms in total. The van der Waals surface area contributed by atoms with Gasteiger partial charge < -0.3 is 15.3 Å². The van der Waals surface area contributed by atoms with E-state index >= 15 is 0 Å². The van der Waals surface area contributed by atoms with E-state index in [1.54, 1.807) is 0 Å². The van der Waals surface area contributed by atoms with E-state index in [-0.39, 0.29) is 6.61 Å². The van der Waals surface area contributed by atoms with Gasteiger partial charge >= 0.3 is 0 Å². The normalized spacial score (nSPS) is 14.3. The Morgan fingerprint density at radius 1 is 0.846 bits per heavy atom. The van der Waals surface area contributed by atoms with Crippen LogP contribution < -0.4 is 5.73 Å². The quantitative estimate of drug-likeness (QED) is 0.300. The summed E-state index contributed by atoms with van der Waals surface area (Å²) in [5.74, 6) is 0. The van der Waals surface area contributed by atoms with Gasteiger partial charge in [-0.3, -0.25) is 0 Å². The molecule has 0 atom stereocenters. The Morgan fingerprint density at radius 3 is 1.92 bits per heavy atom. The lowest BCUT2D eigenvalue weighted by Gasteiger charge is -2.38. The maximum Gasteiger partial charge on any atom is 0.105 e. The van der Waals surface area contributed by atoms with Gasteiger partial charge in [0.15, 0.2) is 0 Å². The Kier molecular flexibility index (Phi) is 11.0. The van der Waals surface area contributed by atoms with Crippen LogP contribution in [0.15, 0.2) is 42.5 Å². The van der Waals surface area contributed by atoms with Gasteiger partial charge in [0.2, 0.25) is 0 Å². The maximum atomic E-state index is 9.76. The number of hydrogen-bond acceptors (Lipinski definition) is 2. The van der Waals surface area contributed by atoms with Crippen molar-refractivity contribution in [3.63, 3.8) is 0 Å². The molecule has 0 aliphatic carbocycles. The first-order valence-electron chi connectivity index (χ1n) is 10.2. The van der Waals surface area contributed by atoms with Crippen molar-refractivity contribution in [1.82, 2.24) is 0 Å². The number of hydrogen-bond donors (Lipinski definition) is 2. The molecule has 146 valence electrons. The maximum absolute atomic E-state index is 9.76. The van der Waals surface area contributed by atoms with Gasteiger partial charge in [-0.15, -0.1) is 0 Å². The molecular formula is C23H39N2O+. The van der Waals surface area contributed by atoms with Gasteiger partial charge in [0, 0.05) is 24.1 Å². The monoisotopic (exact) mass is 359 g/mol. The van der Waals surface area contributed by atoms with E-state index in [9.17, 15) is 5.11 Å². The number of allylic oxidation sites excluding steroid dienone is 2. The van der Waals surface area contributed by atoms with Crippen LogP contribution in [0.1, 0.15) is 57.6 Å². The van der Waals surface area contributed by atoms with Crippen LogP contribution in [0.4, 0.5) is 5.69 Å². The molecule has 0 unspecified atom stereocenters. The largest absolute Gasteiger partial charge is 0.399 e. The summed E-state index contributed by atoms with van der Waals surface area (Å²) in [4.78, 5) is 0. The first kappa shape index (κ1) is 22.5. The predicted molar refractivity (Wildman–Crippen MR) is 114 cm³/mol. The van der Waals surface area contributed by atoms with Crippen LogP contribution in [0.5, 0.6) is 0 Å². The summed E-state index contributed by atoms with van der Waals surface area (Å²) < 4.78 is 0.908. The molecule has 0 fully saturated rings. The van der Waals surface area contributed by atoms with Crippen LogP contribution in [-0.2, 0) is 13.0 Å². The van der Waals surface area contributed by atoms with Crippen molar-refractivity contribution in [2.24, 2.45) is 0 Å². The molecule has 0 amide bonds. The van der Waals surface area contributed by atoms with E-state index in [1.165, 1.54) is 11.1 Å². The minimum Gasteiger partial charge on any atom is -0.399 e. The highest BCUT2D eigenvalue weighted by Gasteiger charge is 2.26. The Bertz CT molecular complexity index is 545. The number of nitrogen functional groups attached to an aromatic ring is 1. The molecule has 0 aromatic heterocycles. The third-order valence-corrected chi connectivity index (χ3v) is 4.92. The zero-order valence-electron chi connectivity index (χ0n) is 17.1. The molecule has 0 heterocycles. The minimum atomic E-state index is 0.220. The number of nitrogens with zero attached hydrogens (tertiary/aromatic N) is 1. The molecule has 26 heavy (non-hydrogen) atoms. The van der Waals surface area contributed by atoms with E-state index in [4.69, 9.17) is 5.73 Å². The van der Waals surface area contributed by atoms with E-state index in [2.05, 4.69) is 63.3 Å². The second kappa shape index (κ2) is 12.7. The Hall–Kier alpha value is -1.58. The van der Waals surface area contributed by atoms with Gasteiger partial charge in [-0.1, -0.05) is 51.1 Å². The number of aryl methyl sites for hydroxylation is 1. The molecule has 1 rings (SSSR count). The first-order chi connectivity index (χ1) is 12.6. The average molecular weight is 360 g/mol. The third kappa shape index (κ3) is 8.20. The van der Waals surface area contributed by atoms with Gasteiger partial charge in [0.1, 0.15) is 13.1 Å². The molecule has 0 bridgehead atoms. The van der Waals surface area contributed by atoms with Crippen molar-refractivity contribution in [2.45, 2.75) is 59.4 Å². The predicted octanol–water partition coefficient (Wildman–Crippen LogP) is 4.85. The van der Waals surface area contributed by atoms with Gasteiger partial charge in [-0.05, 0) is 37.0 Å². The van der Waals surface area contributed by atoms with Crippen LogP contribution in [0.2, 0.25) is 0 Å². The van der Waals surface area contributed by atoms with E-state index < -0.39 is 0 Å². The summed E-state index contributed by atoms with van der Waals surface area (Å²) in [7, 11) is 0. The van der Waals surface area contributed by atoms with Crippen molar-refractivity contribution >= 4 is 5.69 Å². The number of anilines is 1. The topological polar surface area (TPSA) is 46.2 Å². The number of aliphatic hydroxyl groups excluding tert-OH is 1. The van der Waals surface area contributed by atoms with Crippen molar-refractivity contribution in [3.8, 4) is 0 Å². The smallest absolute Gasteiger partial charge is 0.105 e. The summed E-state index contributed by atoms with van der Waals surface area (Å²) in [5.41, 5.74) is 9.55. The molecule has 0 aliphatic heterocycles. The highest BCUT2D eigenvalue weighted by molar-refractivity contribution is 5.44.